The molecule has 0 aliphatic rings. The molecule has 148 valence electrons. The molecule has 0 saturated carbocycles. The zero-order valence-electron chi connectivity index (χ0n) is 16.3. The van der Waals surface area contributed by atoms with Crippen LogP contribution in [-0.2, 0) is 23.2 Å². The summed E-state index contributed by atoms with van der Waals surface area (Å²) in [6.45, 7) is 6.44. The van der Waals surface area contributed by atoms with E-state index in [1.165, 1.54) is 0 Å². The number of nitrogens with one attached hydrogen (secondary N) is 1. The Bertz CT molecular complexity index is 923. The van der Waals surface area contributed by atoms with Crippen LogP contribution in [0.1, 0.15) is 51.1 Å². The molecule has 1 aromatic carbocycles. The summed E-state index contributed by atoms with van der Waals surface area (Å²) in [5.74, 6) is 2.65. The molecule has 2 heterocycles. The van der Waals surface area contributed by atoms with Crippen molar-refractivity contribution in [3.8, 4) is 11.3 Å². The minimum atomic E-state index is -0.146. The Hall–Kier alpha value is -2.60. The summed E-state index contributed by atoms with van der Waals surface area (Å²) in [4.78, 5) is 16.4. The zero-order chi connectivity index (χ0) is 20.1. The standard InChI is InChI=1S/C21H24ClN3O3/c1-21(2,3)20-24-19(28-25-20)6-4-5-18(26)23-13-16-11-12-17(27-16)14-7-9-15(22)10-8-14/h7-12H,4-6,13H2,1-3H3,(H,23,26). The molecular weight excluding hydrogens is 378 g/mol. The fraction of sp³-hybridized carbons (Fsp3) is 0.381. The first-order valence-electron chi connectivity index (χ1n) is 9.26. The topological polar surface area (TPSA) is 81.2 Å². The second kappa shape index (κ2) is 8.61. The number of amides is 1. The van der Waals surface area contributed by atoms with E-state index in [2.05, 4.69) is 15.5 Å². The minimum absolute atomic E-state index is 0.0417. The molecule has 0 unspecified atom stereocenters. The van der Waals surface area contributed by atoms with E-state index in [1.54, 1.807) is 0 Å². The summed E-state index contributed by atoms with van der Waals surface area (Å²) in [6.07, 6.45) is 1.61. The van der Waals surface area contributed by atoms with Gasteiger partial charge in [0.15, 0.2) is 5.82 Å². The van der Waals surface area contributed by atoms with Crippen molar-refractivity contribution >= 4 is 17.5 Å². The van der Waals surface area contributed by atoms with E-state index in [9.17, 15) is 4.79 Å². The maximum absolute atomic E-state index is 12.1. The molecule has 7 heteroatoms. The minimum Gasteiger partial charge on any atom is -0.459 e. The average Bonchev–Trinajstić information content (AvgIpc) is 3.30. The third-order valence-electron chi connectivity index (χ3n) is 4.18. The van der Waals surface area contributed by atoms with Crippen LogP contribution in [0.4, 0.5) is 0 Å². The van der Waals surface area contributed by atoms with Gasteiger partial charge in [0.25, 0.3) is 0 Å². The number of aromatic nitrogens is 2. The number of furan rings is 1. The molecule has 0 fully saturated rings. The number of hydrogen-bond acceptors (Lipinski definition) is 5. The van der Waals surface area contributed by atoms with Gasteiger partial charge in [-0.25, -0.2) is 0 Å². The van der Waals surface area contributed by atoms with Crippen molar-refractivity contribution in [2.45, 2.75) is 52.0 Å². The van der Waals surface area contributed by atoms with Crippen LogP contribution in [0.5, 0.6) is 0 Å². The van der Waals surface area contributed by atoms with Crippen LogP contribution in [0.15, 0.2) is 45.3 Å². The van der Waals surface area contributed by atoms with Crippen LogP contribution in [0.3, 0.4) is 0 Å². The van der Waals surface area contributed by atoms with Gasteiger partial charge in [0.2, 0.25) is 11.8 Å². The molecule has 2 aromatic heterocycles. The number of nitrogens with zero attached hydrogens (tertiary/aromatic N) is 2. The van der Waals surface area contributed by atoms with Crippen LogP contribution >= 0.6 is 11.6 Å². The Morgan fingerprint density at radius 2 is 1.89 bits per heavy atom. The average molecular weight is 402 g/mol. The molecule has 28 heavy (non-hydrogen) atoms. The van der Waals surface area contributed by atoms with Gasteiger partial charge in [-0.3, -0.25) is 4.79 Å². The van der Waals surface area contributed by atoms with Gasteiger partial charge in [-0.1, -0.05) is 37.5 Å². The Morgan fingerprint density at radius 3 is 2.57 bits per heavy atom. The van der Waals surface area contributed by atoms with E-state index in [0.717, 1.165) is 11.3 Å². The van der Waals surface area contributed by atoms with E-state index in [0.29, 0.717) is 48.3 Å². The number of rotatable bonds is 7. The second-order valence-corrected chi connectivity index (χ2v) is 8.10. The highest BCUT2D eigenvalue weighted by Gasteiger charge is 2.20. The van der Waals surface area contributed by atoms with E-state index < -0.39 is 0 Å². The Morgan fingerprint density at radius 1 is 1.14 bits per heavy atom. The lowest BCUT2D eigenvalue weighted by Crippen LogP contribution is -2.22. The third kappa shape index (κ3) is 5.45. The molecule has 1 amide bonds. The molecule has 0 spiro atoms. The first-order chi connectivity index (χ1) is 13.3. The molecule has 0 aliphatic carbocycles. The van der Waals surface area contributed by atoms with Crippen LogP contribution in [0, 0.1) is 0 Å². The first-order valence-corrected chi connectivity index (χ1v) is 9.63. The number of halogens is 1. The lowest BCUT2D eigenvalue weighted by molar-refractivity contribution is -0.121. The molecule has 0 atom stereocenters. The zero-order valence-corrected chi connectivity index (χ0v) is 17.0. The van der Waals surface area contributed by atoms with Crippen molar-refractivity contribution in [1.29, 1.82) is 0 Å². The predicted octanol–water partition coefficient (Wildman–Crippen LogP) is 4.92. The molecule has 3 aromatic rings. The number of benzene rings is 1. The number of aryl methyl sites for hydroxylation is 1. The van der Waals surface area contributed by atoms with E-state index in [1.807, 2.05) is 57.2 Å². The molecule has 0 radical (unpaired) electrons. The highest BCUT2D eigenvalue weighted by atomic mass is 35.5. The third-order valence-corrected chi connectivity index (χ3v) is 4.44. The van der Waals surface area contributed by atoms with Crippen molar-refractivity contribution in [2.75, 3.05) is 0 Å². The normalized spacial score (nSPS) is 11.6. The van der Waals surface area contributed by atoms with Crippen molar-refractivity contribution < 1.29 is 13.7 Å². The molecule has 3 rings (SSSR count). The summed E-state index contributed by atoms with van der Waals surface area (Å²) in [6, 6.07) is 11.2. The van der Waals surface area contributed by atoms with Gasteiger partial charge in [0.1, 0.15) is 11.5 Å². The van der Waals surface area contributed by atoms with Crippen LogP contribution in [0.2, 0.25) is 5.02 Å². The van der Waals surface area contributed by atoms with Gasteiger partial charge in [0.05, 0.1) is 6.54 Å². The number of carbonyl (C=O) groups is 1. The summed E-state index contributed by atoms with van der Waals surface area (Å²) in [7, 11) is 0. The highest BCUT2D eigenvalue weighted by molar-refractivity contribution is 6.30. The van der Waals surface area contributed by atoms with Gasteiger partial charge < -0.3 is 14.3 Å². The largest absolute Gasteiger partial charge is 0.459 e. The smallest absolute Gasteiger partial charge is 0.226 e. The first kappa shape index (κ1) is 20.1. The van der Waals surface area contributed by atoms with E-state index in [-0.39, 0.29) is 11.3 Å². The summed E-state index contributed by atoms with van der Waals surface area (Å²) >= 11 is 5.90. The van der Waals surface area contributed by atoms with Crippen molar-refractivity contribution in [1.82, 2.24) is 15.5 Å². The maximum atomic E-state index is 12.1. The highest BCUT2D eigenvalue weighted by Crippen LogP contribution is 2.24. The van der Waals surface area contributed by atoms with E-state index >= 15 is 0 Å². The van der Waals surface area contributed by atoms with Crippen LogP contribution < -0.4 is 5.32 Å². The predicted molar refractivity (Wildman–Crippen MR) is 107 cm³/mol. The summed E-state index contributed by atoms with van der Waals surface area (Å²) in [5, 5.41) is 7.53. The van der Waals surface area contributed by atoms with Gasteiger partial charge in [-0.15, -0.1) is 0 Å². The summed E-state index contributed by atoms with van der Waals surface area (Å²) in [5.41, 5.74) is 0.795. The SMILES string of the molecule is CC(C)(C)c1noc(CCCC(=O)NCc2ccc(-c3ccc(Cl)cc3)o2)n1. The number of carbonyl (C=O) groups excluding carboxylic acids is 1. The van der Waals surface area contributed by atoms with Gasteiger partial charge in [0, 0.05) is 28.8 Å². The van der Waals surface area contributed by atoms with Crippen molar-refractivity contribution in [2.24, 2.45) is 0 Å². The molecule has 0 saturated heterocycles. The monoisotopic (exact) mass is 401 g/mol. The Kier molecular flexibility index (Phi) is 6.19. The van der Waals surface area contributed by atoms with Gasteiger partial charge in [-0.2, -0.15) is 4.98 Å². The van der Waals surface area contributed by atoms with E-state index in [4.69, 9.17) is 20.5 Å². The summed E-state index contributed by atoms with van der Waals surface area (Å²) < 4.78 is 11.0. The molecule has 0 bridgehead atoms. The fourth-order valence-corrected chi connectivity index (χ4v) is 2.70. The fourth-order valence-electron chi connectivity index (χ4n) is 2.58. The lowest BCUT2D eigenvalue weighted by Gasteiger charge is -2.10. The van der Waals surface area contributed by atoms with Crippen LogP contribution in [-0.4, -0.2) is 16.0 Å². The maximum Gasteiger partial charge on any atom is 0.226 e. The van der Waals surface area contributed by atoms with Gasteiger partial charge >= 0.3 is 0 Å². The molecule has 1 N–H and O–H groups in total. The second-order valence-electron chi connectivity index (χ2n) is 7.66. The Balaban J connectivity index is 1.42. The van der Waals surface area contributed by atoms with Gasteiger partial charge in [-0.05, 0) is 42.8 Å². The van der Waals surface area contributed by atoms with Crippen molar-refractivity contribution in [3.63, 3.8) is 0 Å². The molecule has 0 aliphatic heterocycles. The quantitative estimate of drug-likeness (QED) is 0.607. The van der Waals surface area contributed by atoms with Crippen LogP contribution in [0.25, 0.3) is 11.3 Å². The molecular formula is C21H24ClN3O3. The van der Waals surface area contributed by atoms with Crippen molar-refractivity contribution in [3.05, 3.63) is 58.9 Å². The molecule has 6 nitrogen and oxygen atoms in total. The lowest BCUT2D eigenvalue weighted by atomic mass is 9.96. The number of hydrogen-bond donors (Lipinski definition) is 1. The Labute approximate surface area is 169 Å².